The Morgan fingerprint density at radius 1 is 0.947 bits per heavy atom. The lowest BCUT2D eigenvalue weighted by Gasteiger charge is -2.36. The van der Waals surface area contributed by atoms with E-state index in [1.165, 1.54) is 23.5 Å². The normalized spacial score (nSPS) is 15.6. The van der Waals surface area contributed by atoms with Crippen LogP contribution in [0.3, 0.4) is 0 Å². The third-order valence-corrected chi connectivity index (χ3v) is 8.05. The zero-order valence-electron chi connectivity index (χ0n) is 20.5. The van der Waals surface area contributed by atoms with Crippen LogP contribution >= 0.6 is 22.9 Å². The molecule has 198 valence electrons. The Labute approximate surface area is 228 Å². The minimum absolute atomic E-state index is 0.0543. The lowest BCUT2D eigenvalue weighted by atomic mass is 10.1. The summed E-state index contributed by atoms with van der Waals surface area (Å²) in [5, 5.41) is 1.69. The number of carbonyl (C=O) groups is 1. The Kier molecular flexibility index (Phi) is 8.04. The van der Waals surface area contributed by atoms with E-state index in [4.69, 9.17) is 16.3 Å². The molecule has 0 saturated carbocycles. The molecule has 0 spiro atoms. The molecular formula is C29H26ClF3N2O2S. The van der Waals surface area contributed by atoms with E-state index in [2.05, 4.69) is 4.90 Å². The fourth-order valence-electron chi connectivity index (χ4n) is 4.53. The van der Waals surface area contributed by atoms with Gasteiger partial charge in [-0.2, -0.15) is 13.2 Å². The lowest BCUT2D eigenvalue weighted by molar-refractivity contribution is -0.137. The van der Waals surface area contributed by atoms with Crippen LogP contribution in [0.2, 0.25) is 5.02 Å². The zero-order chi connectivity index (χ0) is 26.7. The number of benzene rings is 3. The van der Waals surface area contributed by atoms with E-state index in [-0.39, 0.29) is 18.6 Å². The monoisotopic (exact) mass is 558 g/mol. The van der Waals surface area contributed by atoms with E-state index < -0.39 is 11.7 Å². The smallest absolute Gasteiger partial charge is 0.368 e. The highest BCUT2D eigenvalue weighted by Gasteiger charge is 2.30. The van der Waals surface area contributed by atoms with Crippen molar-refractivity contribution in [2.75, 3.05) is 32.7 Å². The van der Waals surface area contributed by atoms with Crippen molar-refractivity contribution >= 4 is 38.9 Å². The molecule has 4 aromatic rings. The van der Waals surface area contributed by atoms with Crippen molar-refractivity contribution in [3.8, 4) is 0 Å². The molecule has 1 atom stereocenters. The number of piperazine rings is 1. The molecule has 5 rings (SSSR count). The van der Waals surface area contributed by atoms with Crippen LogP contribution in [0.1, 0.15) is 32.5 Å². The van der Waals surface area contributed by atoms with Crippen molar-refractivity contribution in [3.05, 3.63) is 105 Å². The molecule has 0 unspecified atom stereocenters. The molecule has 0 aliphatic carbocycles. The second kappa shape index (κ2) is 11.5. The number of rotatable bonds is 7. The SMILES string of the molecule is O=C(c1cc2ccccc2s1)N1CCN(C[C@@H](OCc2ccc(C(F)(F)F)cc2)c2ccc(Cl)cc2)CC1. The molecule has 1 aliphatic rings. The van der Waals surface area contributed by atoms with Crippen LogP contribution in [-0.4, -0.2) is 48.4 Å². The summed E-state index contributed by atoms with van der Waals surface area (Å²) in [4.78, 5) is 18.0. The van der Waals surface area contributed by atoms with Crippen molar-refractivity contribution in [1.82, 2.24) is 9.80 Å². The van der Waals surface area contributed by atoms with Gasteiger partial charge in [-0.1, -0.05) is 54.1 Å². The first kappa shape index (κ1) is 26.7. The molecule has 1 amide bonds. The number of carbonyl (C=O) groups excluding carboxylic acids is 1. The van der Waals surface area contributed by atoms with Crippen LogP contribution in [0, 0.1) is 0 Å². The zero-order valence-corrected chi connectivity index (χ0v) is 22.0. The van der Waals surface area contributed by atoms with Crippen LogP contribution in [0.5, 0.6) is 0 Å². The molecule has 1 saturated heterocycles. The molecule has 3 aromatic carbocycles. The first-order chi connectivity index (χ1) is 18.3. The maximum Gasteiger partial charge on any atom is 0.416 e. The summed E-state index contributed by atoms with van der Waals surface area (Å²) in [5.74, 6) is 0.0543. The number of hydrogen-bond acceptors (Lipinski definition) is 4. The second-order valence-corrected chi connectivity index (χ2v) is 10.8. The largest absolute Gasteiger partial charge is 0.416 e. The van der Waals surface area contributed by atoms with Gasteiger partial charge >= 0.3 is 6.18 Å². The predicted molar refractivity (Wildman–Crippen MR) is 145 cm³/mol. The average molecular weight is 559 g/mol. The Balaban J connectivity index is 1.21. The molecule has 0 bridgehead atoms. The van der Waals surface area contributed by atoms with Crippen LogP contribution < -0.4 is 0 Å². The number of halogens is 4. The van der Waals surface area contributed by atoms with Crippen LogP contribution in [0.4, 0.5) is 13.2 Å². The van der Waals surface area contributed by atoms with Crippen molar-refractivity contribution < 1.29 is 22.7 Å². The number of alkyl halides is 3. The van der Waals surface area contributed by atoms with E-state index in [0.29, 0.717) is 43.3 Å². The van der Waals surface area contributed by atoms with E-state index in [1.54, 1.807) is 12.1 Å². The number of fused-ring (bicyclic) bond motifs is 1. The van der Waals surface area contributed by atoms with Crippen LogP contribution in [0.25, 0.3) is 10.1 Å². The summed E-state index contributed by atoms with van der Waals surface area (Å²) in [6.45, 7) is 3.39. The lowest BCUT2D eigenvalue weighted by Crippen LogP contribution is -2.49. The Hall–Kier alpha value is -2.91. The molecule has 1 aromatic heterocycles. The first-order valence-electron chi connectivity index (χ1n) is 12.3. The second-order valence-electron chi connectivity index (χ2n) is 9.29. The maximum absolute atomic E-state index is 13.1. The van der Waals surface area contributed by atoms with Crippen molar-refractivity contribution in [2.24, 2.45) is 0 Å². The predicted octanol–water partition coefficient (Wildman–Crippen LogP) is 7.29. The summed E-state index contributed by atoms with van der Waals surface area (Å²) >= 11 is 7.59. The first-order valence-corrected chi connectivity index (χ1v) is 13.5. The van der Waals surface area contributed by atoms with E-state index >= 15 is 0 Å². The van der Waals surface area contributed by atoms with Crippen molar-refractivity contribution in [2.45, 2.75) is 18.9 Å². The number of thiophene rings is 1. The van der Waals surface area contributed by atoms with Gasteiger partial charge in [-0.3, -0.25) is 9.69 Å². The van der Waals surface area contributed by atoms with Crippen molar-refractivity contribution in [1.29, 1.82) is 0 Å². The topological polar surface area (TPSA) is 32.8 Å². The minimum Gasteiger partial charge on any atom is -0.368 e. The van der Waals surface area contributed by atoms with Crippen LogP contribution in [-0.2, 0) is 17.5 Å². The number of nitrogens with zero attached hydrogens (tertiary/aromatic N) is 2. The number of hydrogen-bond donors (Lipinski definition) is 0. The highest BCUT2D eigenvalue weighted by atomic mass is 35.5. The third-order valence-electron chi connectivity index (χ3n) is 6.69. The summed E-state index contributed by atoms with van der Waals surface area (Å²) in [7, 11) is 0. The van der Waals surface area contributed by atoms with Crippen LogP contribution in [0.15, 0.2) is 78.9 Å². The highest BCUT2D eigenvalue weighted by molar-refractivity contribution is 7.20. The quantitative estimate of drug-likeness (QED) is 0.239. The van der Waals surface area contributed by atoms with Gasteiger partial charge in [0.15, 0.2) is 0 Å². The van der Waals surface area contributed by atoms with E-state index in [0.717, 1.165) is 32.7 Å². The van der Waals surface area contributed by atoms with Gasteiger partial charge in [0, 0.05) is 42.4 Å². The highest BCUT2D eigenvalue weighted by Crippen LogP contribution is 2.30. The molecule has 1 aliphatic heterocycles. The maximum atomic E-state index is 13.1. The van der Waals surface area contributed by atoms with Gasteiger partial charge in [0.25, 0.3) is 5.91 Å². The third kappa shape index (κ3) is 6.38. The van der Waals surface area contributed by atoms with Gasteiger partial charge < -0.3 is 9.64 Å². The minimum atomic E-state index is -4.37. The van der Waals surface area contributed by atoms with Gasteiger partial charge in [0.2, 0.25) is 0 Å². The molecule has 4 nitrogen and oxygen atoms in total. The number of amides is 1. The summed E-state index contributed by atoms with van der Waals surface area (Å²) in [6, 6.07) is 22.4. The van der Waals surface area contributed by atoms with Gasteiger partial charge in [-0.05, 0) is 52.9 Å². The molecule has 1 fully saturated rings. The fourth-order valence-corrected chi connectivity index (χ4v) is 5.69. The average Bonchev–Trinajstić information content (AvgIpc) is 3.36. The van der Waals surface area contributed by atoms with Gasteiger partial charge in [-0.15, -0.1) is 11.3 Å². The molecular weight excluding hydrogens is 533 g/mol. The van der Waals surface area contributed by atoms with Crippen molar-refractivity contribution in [3.63, 3.8) is 0 Å². The Morgan fingerprint density at radius 2 is 1.63 bits per heavy atom. The summed E-state index contributed by atoms with van der Waals surface area (Å²) in [6.07, 6.45) is -4.68. The standard InChI is InChI=1S/C29H26ClF3N2O2S/c30-24-11-7-21(8-12-24)25(37-19-20-5-9-23(10-6-20)29(31,32)33)18-34-13-15-35(16-14-34)28(36)27-17-22-3-1-2-4-26(22)38-27/h1-12,17,25H,13-16,18-19H2/t25-/m1/s1. The summed E-state index contributed by atoms with van der Waals surface area (Å²) < 4.78 is 46.0. The van der Waals surface area contributed by atoms with Gasteiger partial charge in [0.1, 0.15) is 0 Å². The Morgan fingerprint density at radius 3 is 2.29 bits per heavy atom. The molecule has 0 N–H and O–H groups in total. The molecule has 0 radical (unpaired) electrons. The Bertz CT molecular complexity index is 1350. The molecule has 38 heavy (non-hydrogen) atoms. The number of ether oxygens (including phenoxy) is 1. The molecule has 9 heteroatoms. The summed E-state index contributed by atoms with van der Waals surface area (Å²) in [5.41, 5.74) is 0.916. The van der Waals surface area contributed by atoms with Gasteiger partial charge in [0.05, 0.1) is 23.2 Å². The van der Waals surface area contributed by atoms with Gasteiger partial charge in [-0.25, -0.2) is 0 Å². The van der Waals surface area contributed by atoms with E-state index in [1.807, 2.05) is 47.4 Å². The van der Waals surface area contributed by atoms with E-state index in [9.17, 15) is 18.0 Å². The fraction of sp³-hybridized carbons (Fsp3) is 0.276. The molecule has 2 heterocycles.